The summed E-state index contributed by atoms with van der Waals surface area (Å²) in [4.78, 5) is 39.8. The van der Waals surface area contributed by atoms with Crippen LogP contribution >= 0.6 is 11.8 Å². The normalized spacial score (nSPS) is 18.6. The van der Waals surface area contributed by atoms with Crippen LogP contribution in [0.1, 0.15) is 23.2 Å². The molecule has 9 heteroatoms. The maximum atomic E-state index is 12.9. The Hall–Kier alpha value is -2.55. The van der Waals surface area contributed by atoms with Gasteiger partial charge >= 0.3 is 0 Å². The number of benzene rings is 1. The van der Waals surface area contributed by atoms with Crippen molar-refractivity contribution in [1.29, 1.82) is 0 Å². The van der Waals surface area contributed by atoms with E-state index in [4.69, 9.17) is 4.74 Å². The standard InChI is InChI=1S/C18H20N4O4S/c1-20-17(26-2)13-4-3-11(9-14(13)19-20)16(24)21-7-5-12(6-8-21)22-15(23)10-27-18(22)25/h3-4,9,12H,5-8,10H2,1-2H3. The van der Waals surface area contributed by atoms with Crippen LogP contribution in [-0.4, -0.2) is 68.6 Å². The Bertz CT molecular complexity index is 917. The first-order valence-corrected chi connectivity index (χ1v) is 9.77. The molecular formula is C18H20N4O4S. The Morgan fingerprint density at radius 2 is 2.00 bits per heavy atom. The van der Waals surface area contributed by atoms with Crippen molar-refractivity contribution in [2.45, 2.75) is 18.9 Å². The van der Waals surface area contributed by atoms with Gasteiger partial charge in [-0.1, -0.05) is 11.8 Å². The monoisotopic (exact) mass is 388 g/mol. The molecule has 0 spiro atoms. The Labute approximate surface area is 160 Å². The number of nitrogens with zero attached hydrogens (tertiary/aromatic N) is 4. The highest BCUT2D eigenvalue weighted by molar-refractivity contribution is 8.14. The van der Waals surface area contributed by atoms with Crippen LogP contribution in [0.3, 0.4) is 0 Å². The minimum Gasteiger partial charge on any atom is -0.481 e. The lowest BCUT2D eigenvalue weighted by Gasteiger charge is -2.35. The highest BCUT2D eigenvalue weighted by Gasteiger charge is 2.38. The number of piperidine rings is 1. The first kappa shape index (κ1) is 17.8. The number of amides is 3. The molecule has 1 aromatic heterocycles. The molecule has 3 heterocycles. The molecule has 2 aromatic rings. The zero-order chi connectivity index (χ0) is 19.1. The first-order chi connectivity index (χ1) is 13.0. The van der Waals surface area contributed by atoms with Crippen molar-refractivity contribution in [1.82, 2.24) is 19.6 Å². The van der Waals surface area contributed by atoms with Crippen LogP contribution in [0, 0.1) is 0 Å². The fourth-order valence-corrected chi connectivity index (χ4v) is 4.55. The van der Waals surface area contributed by atoms with E-state index in [1.807, 2.05) is 6.07 Å². The molecule has 0 atom stereocenters. The second-order valence-electron chi connectivity index (χ2n) is 6.71. The number of carbonyl (C=O) groups is 3. The second kappa shape index (κ2) is 6.88. The minimum absolute atomic E-state index is 0.0616. The summed E-state index contributed by atoms with van der Waals surface area (Å²) >= 11 is 1.05. The lowest BCUT2D eigenvalue weighted by atomic mass is 10.0. The lowest BCUT2D eigenvalue weighted by Crippen LogP contribution is -2.48. The maximum absolute atomic E-state index is 12.9. The molecule has 0 saturated carbocycles. The molecule has 0 aliphatic carbocycles. The van der Waals surface area contributed by atoms with E-state index in [-0.39, 0.29) is 28.8 Å². The molecule has 3 amide bonds. The van der Waals surface area contributed by atoms with Crippen LogP contribution in [0.5, 0.6) is 5.88 Å². The van der Waals surface area contributed by atoms with E-state index >= 15 is 0 Å². The third kappa shape index (κ3) is 3.05. The third-order valence-corrected chi connectivity index (χ3v) is 5.96. The fourth-order valence-electron chi connectivity index (χ4n) is 3.78. The molecule has 0 N–H and O–H groups in total. The minimum atomic E-state index is -0.167. The van der Waals surface area contributed by atoms with Crippen molar-refractivity contribution >= 4 is 39.7 Å². The summed E-state index contributed by atoms with van der Waals surface area (Å²) in [5.74, 6) is 0.700. The van der Waals surface area contributed by atoms with Gasteiger partial charge in [-0.15, -0.1) is 0 Å². The summed E-state index contributed by atoms with van der Waals surface area (Å²) in [5.41, 5.74) is 1.28. The predicted octanol–water partition coefficient (Wildman–Crippen LogP) is 1.88. The Morgan fingerprint density at radius 1 is 1.26 bits per heavy atom. The first-order valence-electron chi connectivity index (χ1n) is 8.78. The zero-order valence-corrected chi connectivity index (χ0v) is 16.0. The number of thioether (sulfide) groups is 1. The molecule has 142 valence electrons. The number of likely N-dealkylation sites (tertiary alicyclic amines) is 1. The Kier molecular flexibility index (Phi) is 4.55. The third-order valence-electron chi connectivity index (χ3n) is 5.12. The van der Waals surface area contributed by atoms with E-state index in [1.54, 1.807) is 35.9 Å². The molecule has 2 saturated heterocycles. The van der Waals surface area contributed by atoms with E-state index < -0.39 is 0 Å². The van der Waals surface area contributed by atoms with Gasteiger partial charge in [0, 0.05) is 31.7 Å². The lowest BCUT2D eigenvalue weighted by molar-refractivity contribution is -0.126. The van der Waals surface area contributed by atoms with Crippen molar-refractivity contribution in [3.05, 3.63) is 23.8 Å². The number of aromatic nitrogens is 2. The van der Waals surface area contributed by atoms with Crippen molar-refractivity contribution in [2.24, 2.45) is 7.05 Å². The maximum Gasteiger partial charge on any atom is 0.289 e. The highest BCUT2D eigenvalue weighted by atomic mass is 32.2. The summed E-state index contributed by atoms with van der Waals surface area (Å²) in [6.07, 6.45) is 1.23. The van der Waals surface area contributed by atoms with Crippen molar-refractivity contribution in [3.63, 3.8) is 0 Å². The molecule has 0 unspecified atom stereocenters. The molecule has 2 aliphatic heterocycles. The number of aryl methyl sites for hydroxylation is 1. The van der Waals surface area contributed by atoms with Crippen molar-refractivity contribution < 1.29 is 19.1 Å². The van der Waals surface area contributed by atoms with Gasteiger partial charge in [0.2, 0.25) is 11.8 Å². The molecular weight excluding hydrogens is 368 g/mol. The van der Waals surface area contributed by atoms with Gasteiger partial charge in [0.15, 0.2) is 0 Å². The van der Waals surface area contributed by atoms with Crippen LogP contribution < -0.4 is 4.74 Å². The van der Waals surface area contributed by atoms with E-state index in [2.05, 4.69) is 5.10 Å². The number of carbonyl (C=O) groups excluding carboxylic acids is 3. The molecule has 8 nitrogen and oxygen atoms in total. The predicted molar refractivity (Wildman–Crippen MR) is 101 cm³/mol. The SMILES string of the molecule is COc1c2ccc(C(=O)N3CCC(N4C(=O)CSC4=O)CC3)cc2nn1C. The number of rotatable bonds is 3. The molecule has 0 bridgehead atoms. The topological polar surface area (TPSA) is 84.7 Å². The van der Waals surface area contributed by atoms with Gasteiger partial charge in [0.1, 0.15) is 0 Å². The van der Waals surface area contributed by atoms with E-state index in [0.29, 0.717) is 42.9 Å². The van der Waals surface area contributed by atoms with Gasteiger partial charge < -0.3 is 9.64 Å². The zero-order valence-electron chi connectivity index (χ0n) is 15.2. The van der Waals surface area contributed by atoms with Crippen LogP contribution in [0.2, 0.25) is 0 Å². The summed E-state index contributed by atoms with van der Waals surface area (Å²) < 4.78 is 6.98. The van der Waals surface area contributed by atoms with Gasteiger partial charge in [-0.25, -0.2) is 4.68 Å². The Balaban J connectivity index is 1.47. The van der Waals surface area contributed by atoms with Crippen molar-refractivity contribution in [3.8, 4) is 5.88 Å². The average Bonchev–Trinajstić information content (AvgIpc) is 3.18. The van der Waals surface area contributed by atoms with Crippen LogP contribution in [0.15, 0.2) is 18.2 Å². The van der Waals surface area contributed by atoms with Gasteiger partial charge in [0.05, 0.1) is 23.8 Å². The van der Waals surface area contributed by atoms with Crippen LogP contribution in [-0.2, 0) is 11.8 Å². The number of methoxy groups -OCH3 is 1. The van der Waals surface area contributed by atoms with E-state index in [9.17, 15) is 14.4 Å². The number of hydrogen-bond donors (Lipinski definition) is 0. The fraction of sp³-hybridized carbons (Fsp3) is 0.444. The summed E-state index contributed by atoms with van der Waals surface area (Å²) in [7, 11) is 3.39. The summed E-state index contributed by atoms with van der Waals surface area (Å²) in [5, 5.41) is 5.08. The van der Waals surface area contributed by atoms with E-state index in [1.165, 1.54) is 4.90 Å². The van der Waals surface area contributed by atoms with Gasteiger partial charge in [-0.2, -0.15) is 5.10 Å². The van der Waals surface area contributed by atoms with E-state index in [0.717, 1.165) is 17.1 Å². The van der Waals surface area contributed by atoms with Crippen LogP contribution in [0.25, 0.3) is 10.9 Å². The summed E-state index contributed by atoms with van der Waals surface area (Å²) in [6.45, 7) is 1.05. The van der Waals surface area contributed by atoms with Crippen LogP contribution in [0.4, 0.5) is 4.79 Å². The highest BCUT2D eigenvalue weighted by Crippen LogP contribution is 2.28. The number of hydrogen-bond acceptors (Lipinski definition) is 6. The molecule has 2 fully saturated rings. The molecule has 0 radical (unpaired) electrons. The summed E-state index contributed by atoms with van der Waals surface area (Å²) in [6, 6.07) is 5.30. The number of ether oxygens (including phenoxy) is 1. The second-order valence-corrected chi connectivity index (χ2v) is 7.63. The quantitative estimate of drug-likeness (QED) is 0.798. The van der Waals surface area contributed by atoms with Gasteiger partial charge in [0.25, 0.3) is 11.1 Å². The average molecular weight is 388 g/mol. The molecule has 1 aromatic carbocycles. The Morgan fingerprint density at radius 3 is 2.63 bits per heavy atom. The largest absolute Gasteiger partial charge is 0.481 e. The molecule has 2 aliphatic rings. The smallest absolute Gasteiger partial charge is 0.289 e. The molecule has 4 rings (SSSR count). The number of fused-ring (bicyclic) bond motifs is 1. The molecule has 27 heavy (non-hydrogen) atoms. The van der Waals surface area contributed by atoms with Gasteiger partial charge in [-0.05, 0) is 31.0 Å². The van der Waals surface area contributed by atoms with Gasteiger partial charge in [-0.3, -0.25) is 19.3 Å². The number of imide groups is 1. The van der Waals surface area contributed by atoms with Crippen molar-refractivity contribution in [2.75, 3.05) is 26.0 Å².